The Hall–Kier alpha value is -4.20. The third kappa shape index (κ3) is 6.75. The van der Waals surface area contributed by atoms with E-state index in [1.165, 1.54) is 33.4 Å². The van der Waals surface area contributed by atoms with E-state index in [4.69, 9.17) is 14.2 Å². The third-order valence-electron chi connectivity index (χ3n) is 9.62. The van der Waals surface area contributed by atoms with Gasteiger partial charge in [0.15, 0.2) is 23.0 Å². The number of ether oxygens (including phenoxy) is 3. The van der Waals surface area contributed by atoms with E-state index >= 15 is 0 Å². The van der Waals surface area contributed by atoms with Crippen LogP contribution in [0.4, 0.5) is 0 Å². The first-order chi connectivity index (χ1) is 21.8. The molecule has 0 fully saturated rings. The highest BCUT2D eigenvalue weighted by Gasteiger charge is 2.28. The number of benzene rings is 4. The largest absolute Gasteiger partial charge is 0.508 e. The van der Waals surface area contributed by atoms with Crippen molar-refractivity contribution in [2.45, 2.75) is 50.6 Å². The van der Waals surface area contributed by atoms with Crippen LogP contribution in [0.5, 0.6) is 34.5 Å². The fraction of sp³-hybridized carbons (Fsp3) is 0.368. The number of phenols is 2. The molecule has 0 spiro atoms. The highest BCUT2D eigenvalue weighted by molar-refractivity contribution is 5.52. The maximum absolute atomic E-state index is 10.4. The normalized spacial score (nSPS) is 18.2. The molecule has 2 aliphatic heterocycles. The lowest BCUT2D eigenvalue weighted by atomic mass is 9.88. The molecule has 0 amide bonds. The van der Waals surface area contributed by atoms with Gasteiger partial charge in [0.1, 0.15) is 11.5 Å². The molecule has 6 rings (SSSR count). The van der Waals surface area contributed by atoms with Gasteiger partial charge in [0.25, 0.3) is 0 Å². The molecule has 2 aliphatic rings. The SMILES string of the molecule is COc1cc2c(cc1O)[C@H](CCc1ccc(Oc3cc4c(cc3OC)CCN(C)[C@H]4CCc3ccc(O)cc3)cc1)N(C)CC2. The second kappa shape index (κ2) is 13.4. The van der Waals surface area contributed by atoms with Crippen LogP contribution in [0.3, 0.4) is 0 Å². The number of aromatic hydroxyl groups is 2. The highest BCUT2D eigenvalue weighted by Crippen LogP contribution is 2.42. The molecule has 4 aromatic carbocycles. The molecule has 2 N–H and O–H groups in total. The number of hydrogen-bond donors (Lipinski definition) is 2. The maximum Gasteiger partial charge on any atom is 0.169 e. The number of phenolic OH excluding ortho intramolecular Hbond substituents is 2. The molecule has 7 heteroatoms. The first-order valence-electron chi connectivity index (χ1n) is 15.9. The van der Waals surface area contributed by atoms with Crippen LogP contribution in [0, 0.1) is 0 Å². The third-order valence-corrected chi connectivity index (χ3v) is 9.62. The lowest BCUT2D eigenvalue weighted by Crippen LogP contribution is -2.32. The van der Waals surface area contributed by atoms with E-state index in [2.05, 4.69) is 48.2 Å². The van der Waals surface area contributed by atoms with Crippen LogP contribution >= 0.6 is 0 Å². The Balaban J connectivity index is 1.15. The van der Waals surface area contributed by atoms with Gasteiger partial charge < -0.3 is 24.4 Å². The van der Waals surface area contributed by atoms with Gasteiger partial charge in [0.2, 0.25) is 0 Å². The van der Waals surface area contributed by atoms with Gasteiger partial charge in [0.05, 0.1) is 14.2 Å². The van der Waals surface area contributed by atoms with E-state index in [1.54, 1.807) is 26.4 Å². The lowest BCUT2D eigenvalue weighted by Gasteiger charge is -2.35. The minimum atomic E-state index is 0.200. The van der Waals surface area contributed by atoms with Gasteiger partial charge in [-0.2, -0.15) is 0 Å². The summed E-state index contributed by atoms with van der Waals surface area (Å²) in [4.78, 5) is 4.80. The molecule has 0 saturated carbocycles. The number of hydrogen-bond acceptors (Lipinski definition) is 7. The molecular formula is C38H44N2O5. The Labute approximate surface area is 266 Å². The van der Waals surface area contributed by atoms with Crippen LogP contribution < -0.4 is 14.2 Å². The summed E-state index contributed by atoms with van der Waals surface area (Å²) in [5.41, 5.74) is 7.50. The van der Waals surface area contributed by atoms with Gasteiger partial charge in [-0.3, -0.25) is 9.80 Å². The summed E-state index contributed by atoms with van der Waals surface area (Å²) < 4.78 is 17.6. The van der Waals surface area contributed by atoms with Crippen molar-refractivity contribution in [1.82, 2.24) is 9.80 Å². The summed E-state index contributed by atoms with van der Waals surface area (Å²) in [5, 5.41) is 20.1. The maximum atomic E-state index is 10.4. The van der Waals surface area contributed by atoms with E-state index in [0.29, 0.717) is 11.5 Å². The first kappa shape index (κ1) is 30.8. The van der Waals surface area contributed by atoms with Gasteiger partial charge in [0, 0.05) is 25.2 Å². The molecule has 0 unspecified atom stereocenters. The molecular weight excluding hydrogens is 564 g/mol. The van der Waals surface area contributed by atoms with Crippen LogP contribution in [0.25, 0.3) is 0 Å². The predicted molar refractivity (Wildman–Crippen MR) is 177 cm³/mol. The number of methoxy groups -OCH3 is 2. The summed E-state index contributed by atoms with van der Waals surface area (Å²) in [6.07, 6.45) is 5.69. The van der Waals surface area contributed by atoms with Crippen LogP contribution in [-0.2, 0) is 25.7 Å². The second-order valence-electron chi connectivity index (χ2n) is 12.4. The molecule has 7 nitrogen and oxygen atoms in total. The molecule has 45 heavy (non-hydrogen) atoms. The summed E-state index contributed by atoms with van der Waals surface area (Å²) in [7, 11) is 7.65. The van der Waals surface area contributed by atoms with E-state index in [1.807, 2.05) is 36.4 Å². The lowest BCUT2D eigenvalue weighted by molar-refractivity contribution is 0.218. The van der Waals surface area contributed by atoms with Crippen LogP contribution in [0.1, 0.15) is 58.3 Å². The van der Waals surface area contributed by atoms with E-state index < -0.39 is 0 Å². The van der Waals surface area contributed by atoms with Crippen LogP contribution in [-0.4, -0.2) is 61.4 Å². The fourth-order valence-corrected chi connectivity index (χ4v) is 6.95. The highest BCUT2D eigenvalue weighted by atomic mass is 16.5. The molecule has 0 radical (unpaired) electrons. The van der Waals surface area contributed by atoms with Gasteiger partial charge in [-0.1, -0.05) is 24.3 Å². The minimum Gasteiger partial charge on any atom is -0.508 e. The standard InChI is InChI=1S/C38H44N2O5/c1-39-19-17-27-21-36(43-3)35(42)23-31(27)33(39)15-10-26-7-13-30(14-8-26)45-38-24-32-28(22-37(38)44-4)18-20-40(2)34(32)16-9-25-5-11-29(41)12-6-25/h5-8,11-14,21-24,33-34,41-42H,9-10,15-20H2,1-4H3/t33-,34-/m0/s1. The first-order valence-corrected chi connectivity index (χ1v) is 15.9. The number of nitrogens with zero attached hydrogens (tertiary/aromatic N) is 2. The van der Waals surface area contributed by atoms with E-state index in [9.17, 15) is 10.2 Å². The molecule has 236 valence electrons. The average molecular weight is 609 g/mol. The number of rotatable bonds is 10. The van der Waals surface area contributed by atoms with Crippen molar-refractivity contribution in [3.8, 4) is 34.5 Å². The summed E-state index contributed by atoms with van der Waals surface area (Å²) in [5.74, 6) is 3.29. The topological polar surface area (TPSA) is 74.6 Å². The van der Waals surface area contributed by atoms with Gasteiger partial charge in [-0.05, 0) is 135 Å². The van der Waals surface area contributed by atoms with Crippen LogP contribution in [0.2, 0.25) is 0 Å². The summed E-state index contributed by atoms with van der Waals surface area (Å²) in [6, 6.07) is 24.6. The van der Waals surface area contributed by atoms with Gasteiger partial charge >= 0.3 is 0 Å². The molecule has 0 saturated heterocycles. The van der Waals surface area contributed by atoms with Crippen molar-refractivity contribution in [3.05, 3.63) is 106 Å². The Morgan fingerprint density at radius 2 is 1.16 bits per heavy atom. The number of likely N-dealkylation sites (N-methyl/N-ethyl adjacent to an activating group) is 2. The van der Waals surface area contributed by atoms with Crippen molar-refractivity contribution in [2.75, 3.05) is 41.4 Å². The average Bonchev–Trinajstić information content (AvgIpc) is 3.05. The zero-order valence-corrected chi connectivity index (χ0v) is 26.8. The van der Waals surface area contributed by atoms with E-state index in [0.717, 1.165) is 68.9 Å². The Morgan fingerprint density at radius 3 is 1.71 bits per heavy atom. The Morgan fingerprint density at radius 1 is 0.644 bits per heavy atom. The zero-order chi connectivity index (χ0) is 31.5. The molecule has 0 bridgehead atoms. The number of aryl methyl sites for hydroxylation is 2. The summed E-state index contributed by atoms with van der Waals surface area (Å²) >= 11 is 0. The van der Waals surface area contributed by atoms with Crippen molar-refractivity contribution in [2.24, 2.45) is 0 Å². The predicted octanol–water partition coefficient (Wildman–Crippen LogP) is 7.23. The van der Waals surface area contributed by atoms with Crippen molar-refractivity contribution < 1.29 is 24.4 Å². The quantitative estimate of drug-likeness (QED) is 0.197. The van der Waals surface area contributed by atoms with Crippen molar-refractivity contribution in [1.29, 1.82) is 0 Å². The van der Waals surface area contributed by atoms with Gasteiger partial charge in [-0.25, -0.2) is 0 Å². The monoisotopic (exact) mass is 608 g/mol. The van der Waals surface area contributed by atoms with Crippen LogP contribution in [0.15, 0.2) is 72.8 Å². The minimum absolute atomic E-state index is 0.200. The molecule has 2 heterocycles. The Bertz CT molecular complexity index is 1620. The summed E-state index contributed by atoms with van der Waals surface area (Å²) in [6.45, 7) is 1.98. The second-order valence-corrected chi connectivity index (χ2v) is 12.4. The zero-order valence-electron chi connectivity index (χ0n) is 26.8. The van der Waals surface area contributed by atoms with E-state index in [-0.39, 0.29) is 17.8 Å². The molecule has 4 aromatic rings. The fourth-order valence-electron chi connectivity index (χ4n) is 6.95. The molecule has 2 atom stereocenters. The van der Waals surface area contributed by atoms with Gasteiger partial charge in [-0.15, -0.1) is 0 Å². The smallest absolute Gasteiger partial charge is 0.169 e. The molecule has 0 aliphatic carbocycles. The van der Waals surface area contributed by atoms with Crippen molar-refractivity contribution >= 4 is 0 Å². The van der Waals surface area contributed by atoms with Crippen molar-refractivity contribution in [3.63, 3.8) is 0 Å². The molecule has 0 aromatic heterocycles. The number of fused-ring (bicyclic) bond motifs is 2. The Kier molecular flexibility index (Phi) is 9.19.